The number of carbonyl (C=O) groups excluding carboxylic acids is 1. The highest BCUT2D eigenvalue weighted by molar-refractivity contribution is 7.08. The van der Waals surface area contributed by atoms with Gasteiger partial charge in [-0.3, -0.25) is 4.79 Å². The summed E-state index contributed by atoms with van der Waals surface area (Å²) in [5.74, 6) is 0.212. The van der Waals surface area contributed by atoms with Gasteiger partial charge < -0.3 is 5.32 Å². The molecule has 0 aliphatic rings. The summed E-state index contributed by atoms with van der Waals surface area (Å²) in [5.41, 5.74) is 1.60. The molecule has 0 unspecified atom stereocenters. The van der Waals surface area contributed by atoms with Gasteiger partial charge in [0.15, 0.2) is 0 Å². The first kappa shape index (κ1) is 11.0. The van der Waals surface area contributed by atoms with Crippen molar-refractivity contribution in [3.63, 3.8) is 0 Å². The van der Waals surface area contributed by atoms with Crippen molar-refractivity contribution in [1.82, 2.24) is 9.97 Å². The van der Waals surface area contributed by atoms with Gasteiger partial charge >= 0.3 is 0 Å². The summed E-state index contributed by atoms with van der Waals surface area (Å²) >= 11 is 7.17. The Hall–Kier alpha value is -1.46. The van der Waals surface area contributed by atoms with Crippen LogP contribution in [0, 0.1) is 6.92 Å². The number of aryl methyl sites for hydroxylation is 1. The second-order valence-electron chi connectivity index (χ2n) is 3.15. The molecule has 1 N–H and O–H groups in total. The average Bonchev–Trinajstić information content (AvgIpc) is 2.64. The van der Waals surface area contributed by atoms with Gasteiger partial charge in [0.05, 0.1) is 5.56 Å². The van der Waals surface area contributed by atoms with Gasteiger partial charge in [0, 0.05) is 11.4 Å². The second-order valence-corrected chi connectivity index (χ2v) is 4.28. The van der Waals surface area contributed by atoms with Crippen molar-refractivity contribution in [1.29, 1.82) is 0 Å². The summed E-state index contributed by atoms with van der Waals surface area (Å²) in [6, 6.07) is 1.50. The number of thiophene rings is 1. The molecule has 6 heteroatoms. The molecule has 2 heterocycles. The lowest BCUT2D eigenvalue weighted by Crippen LogP contribution is -2.13. The first-order valence-corrected chi connectivity index (χ1v) is 5.80. The van der Waals surface area contributed by atoms with Gasteiger partial charge in [-0.05, 0) is 17.9 Å². The maximum Gasteiger partial charge on any atom is 0.257 e. The van der Waals surface area contributed by atoms with Crippen molar-refractivity contribution in [2.45, 2.75) is 6.92 Å². The van der Waals surface area contributed by atoms with E-state index in [9.17, 15) is 4.79 Å². The molecule has 2 aromatic heterocycles. The number of anilines is 1. The van der Waals surface area contributed by atoms with Crippen LogP contribution in [0.4, 0.5) is 5.82 Å². The van der Waals surface area contributed by atoms with Crippen molar-refractivity contribution in [2.75, 3.05) is 5.32 Å². The smallest absolute Gasteiger partial charge is 0.257 e. The summed E-state index contributed by atoms with van der Waals surface area (Å²) < 4.78 is 0. The molecule has 2 aromatic rings. The zero-order valence-corrected chi connectivity index (χ0v) is 9.97. The number of hydrogen-bond acceptors (Lipinski definition) is 4. The Morgan fingerprint density at radius 1 is 1.44 bits per heavy atom. The number of rotatable bonds is 2. The monoisotopic (exact) mass is 253 g/mol. The third-order valence-electron chi connectivity index (χ3n) is 1.98. The van der Waals surface area contributed by atoms with Gasteiger partial charge in [0.2, 0.25) is 0 Å². The number of halogens is 1. The molecule has 82 valence electrons. The van der Waals surface area contributed by atoms with Crippen LogP contribution in [0.1, 0.15) is 15.9 Å². The van der Waals surface area contributed by atoms with E-state index in [4.69, 9.17) is 11.6 Å². The lowest BCUT2D eigenvalue weighted by atomic mass is 10.2. The predicted octanol–water partition coefficient (Wildman–Crippen LogP) is 2.75. The van der Waals surface area contributed by atoms with Gasteiger partial charge in [0.25, 0.3) is 5.91 Å². The zero-order chi connectivity index (χ0) is 11.5. The third-order valence-corrected chi connectivity index (χ3v) is 3.04. The molecular weight excluding hydrogens is 246 g/mol. The van der Waals surface area contributed by atoms with Gasteiger partial charge in [0.1, 0.15) is 17.3 Å². The number of amides is 1. The van der Waals surface area contributed by atoms with Crippen LogP contribution in [-0.4, -0.2) is 15.9 Å². The lowest BCUT2D eigenvalue weighted by molar-refractivity contribution is 0.102. The van der Waals surface area contributed by atoms with E-state index in [1.165, 1.54) is 23.7 Å². The first-order chi connectivity index (χ1) is 7.66. The highest BCUT2D eigenvalue weighted by Gasteiger charge is 2.10. The number of nitrogens with zero attached hydrogens (tertiary/aromatic N) is 2. The molecule has 4 nitrogen and oxygen atoms in total. The largest absolute Gasteiger partial charge is 0.306 e. The minimum atomic E-state index is -0.187. The van der Waals surface area contributed by atoms with E-state index >= 15 is 0 Å². The van der Waals surface area contributed by atoms with E-state index in [2.05, 4.69) is 15.3 Å². The number of hydrogen-bond donors (Lipinski definition) is 1. The number of carbonyl (C=O) groups is 1. The maximum absolute atomic E-state index is 11.8. The van der Waals surface area contributed by atoms with Crippen LogP contribution in [0.5, 0.6) is 0 Å². The minimum Gasteiger partial charge on any atom is -0.306 e. The number of nitrogens with one attached hydrogen (secondary N) is 1. The molecule has 0 saturated heterocycles. The topological polar surface area (TPSA) is 54.9 Å². The van der Waals surface area contributed by atoms with Crippen molar-refractivity contribution in [3.05, 3.63) is 39.4 Å². The summed E-state index contributed by atoms with van der Waals surface area (Å²) in [5, 5.41) is 6.67. The van der Waals surface area contributed by atoms with Crippen LogP contribution in [-0.2, 0) is 0 Å². The van der Waals surface area contributed by atoms with Crippen molar-refractivity contribution < 1.29 is 4.79 Å². The van der Waals surface area contributed by atoms with E-state index in [1.54, 1.807) is 5.38 Å². The Morgan fingerprint density at radius 3 is 2.88 bits per heavy atom. The standard InChI is InChI=1S/C10H8ClN3OS/c1-6-3-16-4-7(6)10(15)14-9-2-8(11)12-5-13-9/h2-5H,1H3,(H,12,13,14,15). The molecule has 0 spiro atoms. The fraction of sp³-hybridized carbons (Fsp3) is 0.100. The van der Waals surface area contributed by atoms with Crippen LogP contribution in [0.25, 0.3) is 0 Å². The minimum absolute atomic E-state index is 0.187. The highest BCUT2D eigenvalue weighted by atomic mass is 35.5. The van der Waals surface area contributed by atoms with Crippen LogP contribution >= 0.6 is 22.9 Å². The fourth-order valence-corrected chi connectivity index (χ4v) is 2.15. The highest BCUT2D eigenvalue weighted by Crippen LogP contribution is 2.16. The Kier molecular flexibility index (Phi) is 3.17. The van der Waals surface area contributed by atoms with E-state index < -0.39 is 0 Å². The fourth-order valence-electron chi connectivity index (χ4n) is 1.18. The summed E-state index contributed by atoms with van der Waals surface area (Å²) in [6.45, 7) is 1.89. The van der Waals surface area contributed by atoms with E-state index in [0.29, 0.717) is 16.5 Å². The van der Waals surface area contributed by atoms with Gasteiger partial charge in [-0.25, -0.2) is 9.97 Å². The van der Waals surface area contributed by atoms with Crippen molar-refractivity contribution in [2.24, 2.45) is 0 Å². The molecule has 0 bridgehead atoms. The van der Waals surface area contributed by atoms with Gasteiger partial charge in [-0.2, -0.15) is 11.3 Å². The van der Waals surface area contributed by atoms with Crippen molar-refractivity contribution >= 4 is 34.7 Å². The summed E-state index contributed by atoms with van der Waals surface area (Å²) in [7, 11) is 0. The van der Waals surface area contributed by atoms with E-state index in [-0.39, 0.29) is 5.91 Å². The molecule has 0 fully saturated rings. The molecule has 0 atom stereocenters. The normalized spacial score (nSPS) is 10.1. The molecule has 0 radical (unpaired) electrons. The summed E-state index contributed by atoms with van der Waals surface area (Å²) in [4.78, 5) is 19.4. The molecule has 1 amide bonds. The predicted molar refractivity (Wildman–Crippen MR) is 64.1 cm³/mol. The Bertz CT molecular complexity index is 526. The quantitative estimate of drug-likeness (QED) is 0.838. The average molecular weight is 254 g/mol. The molecule has 2 rings (SSSR count). The Morgan fingerprint density at radius 2 is 2.25 bits per heavy atom. The number of aromatic nitrogens is 2. The van der Waals surface area contributed by atoms with Crippen molar-refractivity contribution in [3.8, 4) is 0 Å². The van der Waals surface area contributed by atoms with E-state index in [0.717, 1.165) is 5.56 Å². The van der Waals surface area contributed by atoms with Gasteiger partial charge in [-0.15, -0.1) is 0 Å². The molecule has 16 heavy (non-hydrogen) atoms. The summed E-state index contributed by atoms with van der Waals surface area (Å²) in [6.07, 6.45) is 1.30. The zero-order valence-electron chi connectivity index (χ0n) is 8.40. The van der Waals surface area contributed by atoms with Gasteiger partial charge in [-0.1, -0.05) is 11.6 Å². The van der Waals surface area contributed by atoms with Crippen LogP contribution in [0.15, 0.2) is 23.2 Å². The molecule has 0 saturated carbocycles. The lowest BCUT2D eigenvalue weighted by Gasteiger charge is -2.03. The van der Waals surface area contributed by atoms with Crippen LogP contribution < -0.4 is 5.32 Å². The Balaban J connectivity index is 2.17. The molecule has 0 aliphatic heterocycles. The SMILES string of the molecule is Cc1cscc1C(=O)Nc1cc(Cl)ncn1. The van der Waals surface area contributed by atoms with Crippen LogP contribution in [0.3, 0.4) is 0 Å². The second kappa shape index (κ2) is 4.59. The molecular formula is C10H8ClN3OS. The first-order valence-electron chi connectivity index (χ1n) is 4.48. The molecule has 0 aromatic carbocycles. The van der Waals surface area contributed by atoms with E-state index in [1.807, 2.05) is 12.3 Å². The Labute approximate surface area is 101 Å². The maximum atomic E-state index is 11.8. The van der Waals surface area contributed by atoms with Crippen LogP contribution in [0.2, 0.25) is 5.15 Å². The third kappa shape index (κ3) is 2.37. The molecule has 0 aliphatic carbocycles.